The van der Waals surface area contributed by atoms with Gasteiger partial charge in [0.25, 0.3) is 11.6 Å². The number of aromatic nitrogens is 1. The van der Waals surface area contributed by atoms with E-state index < -0.39 is 4.92 Å². The van der Waals surface area contributed by atoms with Crippen molar-refractivity contribution in [2.75, 3.05) is 13.1 Å². The first kappa shape index (κ1) is 13.1. The van der Waals surface area contributed by atoms with Crippen LogP contribution in [0.4, 0.5) is 5.69 Å². The Morgan fingerprint density at radius 2 is 2.25 bits per heavy atom. The van der Waals surface area contributed by atoms with Crippen LogP contribution in [0, 0.1) is 10.1 Å². The van der Waals surface area contributed by atoms with Crippen LogP contribution < -0.4 is 10.6 Å². The van der Waals surface area contributed by atoms with E-state index in [1.807, 2.05) is 0 Å². The Balaban J connectivity index is 1.77. The van der Waals surface area contributed by atoms with Crippen LogP contribution >= 0.6 is 0 Å². The molecule has 20 heavy (non-hydrogen) atoms. The monoisotopic (exact) mass is 278 g/mol. The van der Waals surface area contributed by atoms with Gasteiger partial charge in [-0.15, -0.1) is 0 Å². The van der Waals surface area contributed by atoms with E-state index in [0.717, 1.165) is 38.8 Å². The molecule has 7 heteroatoms. The summed E-state index contributed by atoms with van der Waals surface area (Å²) in [5.74, 6) is -0.210. The molecule has 1 saturated heterocycles. The maximum Gasteiger partial charge on any atom is 0.287 e. The van der Waals surface area contributed by atoms with E-state index >= 15 is 0 Å². The topological polar surface area (TPSA) is 89.2 Å². The number of hydrogen-bond acceptors (Lipinski definition) is 4. The van der Waals surface area contributed by atoms with Crippen molar-refractivity contribution < 1.29 is 9.72 Å². The average Bonchev–Trinajstić information content (AvgIpc) is 3.18. The van der Waals surface area contributed by atoms with Gasteiger partial charge in [-0.2, -0.15) is 0 Å². The Morgan fingerprint density at radius 1 is 1.45 bits per heavy atom. The van der Waals surface area contributed by atoms with Crippen LogP contribution in [0.2, 0.25) is 0 Å². The summed E-state index contributed by atoms with van der Waals surface area (Å²) >= 11 is 0. The number of rotatable bonds is 4. The van der Waals surface area contributed by atoms with Gasteiger partial charge in [0, 0.05) is 24.7 Å². The summed E-state index contributed by atoms with van der Waals surface area (Å²) in [5.41, 5.74) is 0.397. The van der Waals surface area contributed by atoms with Gasteiger partial charge in [0.15, 0.2) is 0 Å². The first-order valence-corrected chi connectivity index (χ1v) is 7.03. The van der Waals surface area contributed by atoms with Crippen LogP contribution in [0.3, 0.4) is 0 Å². The van der Waals surface area contributed by atoms with E-state index in [4.69, 9.17) is 0 Å². The average molecular weight is 278 g/mol. The third kappa shape index (κ3) is 2.67. The van der Waals surface area contributed by atoms with Crippen LogP contribution in [0.25, 0.3) is 0 Å². The zero-order valence-electron chi connectivity index (χ0n) is 11.2. The lowest BCUT2D eigenvalue weighted by molar-refractivity contribution is -0.384. The first-order valence-electron chi connectivity index (χ1n) is 7.03. The molecule has 0 unspecified atom stereocenters. The Bertz CT molecular complexity index is 530. The molecule has 0 spiro atoms. The van der Waals surface area contributed by atoms with Crippen molar-refractivity contribution in [2.24, 2.45) is 0 Å². The second kappa shape index (κ2) is 5.24. The van der Waals surface area contributed by atoms with Crippen LogP contribution in [-0.4, -0.2) is 34.5 Å². The summed E-state index contributed by atoms with van der Waals surface area (Å²) in [6.07, 6.45) is 5.43. The third-order valence-electron chi connectivity index (χ3n) is 3.85. The minimum atomic E-state index is -0.447. The lowest BCUT2D eigenvalue weighted by Gasteiger charge is -2.23. The van der Waals surface area contributed by atoms with Crippen LogP contribution in [0.1, 0.15) is 42.2 Å². The van der Waals surface area contributed by atoms with E-state index in [2.05, 4.69) is 10.6 Å². The molecule has 1 atom stereocenters. The minimum Gasteiger partial charge on any atom is -0.347 e. The molecule has 1 aromatic rings. The first-order chi connectivity index (χ1) is 9.65. The maximum atomic E-state index is 12.3. The van der Waals surface area contributed by atoms with Gasteiger partial charge in [-0.3, -0.25) is 14.9 Å². The Morgan fingerprint density at radius 3 is 2.85 bits per heavy atom. The van der Waals surface area contributed by atoms with Gasteiger partial charge >= 0.3 is 0 Å². The molecular formula is C13H18N4O3. The lowest BCUT2D eigenvalue weighted by atomic mass is 10.1. The summed E-state index contributed by atoms with van der Waals surface area (Å²) in [6, 6.07) is 1.73. The third-order valence-corrected chi connectivity index (χ3v) is 3.85. The van der Waals surface area contributed by atoms with Crippen molar-refractivity contribution in [2.45, 2.75) is 37.8 Å². The van der Waals surface area contributed by atoms with E-state index in [0.29, 0.717) is 5.69 Å². The number of carbonyl (C=O) groups excluding carboxylic acids is 1. The fourth-order valence-electron chi connectivity index (χ4n) is 2.64. The molecule has 0 radical (unpaired) electrons. The molecule has 7 nitrogen and oxygen atoms in total. The van der Waals surface area contributed by atoms with Crippen LogP contribution in [0.15, 0.2) is 12.3 Å². The summed E-state index contributed by atoms with van der Waals surface area (Å²) in [7, 11) is 0. The predicted molar refractivity (Wildman–Crippen MR) is 72.7 cm³/mol. The quantitative estimate of drug-likeness (QED) is 0.640. The largest absolute Gasteiger partial charge is 0.347 e. The lowest BCUT2D eigenvalue weighted by Crippen LogP contribution is -2.46. The highest BCUT2D eigenvalue weighted by Crippen LogP contribution is 2.37. The van der Waals surface area contributed by atoms with Gasteiger partial charge < -0.3 is 15.2 Å². The van der Waals surface area contributed by atoms with Crippen molar-refractivity contribution in [1.82, 2.24) is 15.2 Å². The fraction of sp³-hybridized carbons (Fsp3) is 0.615. The molecule has 0 bridgehead atoms. The molecule has 1 aliphatic carbocycles. The molecular weight excluding hydrogens is 260 g/mol. The normalized spacial score (nSPS) is 22.5. The van der Waals surface area contributed by atoms with Crippen LogP contribution in [0.5, 0.6) is 0 Å². The molecule has 2 aliphatic rings. The van der Waals surface area contributed by atoms with Gasteiger partial charge in [0.2, 0.25) is 0 Å². The van der Waals surface area contributed by atoms with Gasteiger partial charge in [-0.05, 0) is 32.2 Å². The summed E-state index contributed by atoms with van der Waals surface area (Å²) < 4.78 is 1.75. The smallest absolute Gasteiger partial charge is 0.287 e. The van der Waals surface area contributed by atoms with E-state index in [1.165, 1.54) is 12.3 Å². The second-order valence-corrected chi connectivity index (χ2v) is 5.50. The van der Waals surface area contributed by atoms with Crippen molar-refractivity contribution >= 4 is 11.6 Å². The molecule has 1 aliphatic heterocycles. The zero-order chi connectivity index (χ0) is 14.1. The van der Waals surface area contributed by atoms with Gasteiger partial charge in [-0.25, -0.2) is 0 Å². The van der Waals surface area contributed by atoms with Gasteiger partial charge in [0.1, 0.15) is 5.69 Å². The summed E-state index contributed by atoms with van der Waals surface area (Å²) in [6.45, 7) is 1.74. The molecule has 3 rings (SSSR count). The van der Waals surface area contributed by atoms with Gasteiger partial charge in [0.05, 0.1) is 11.1 Å². The van der Waals surface area contributed by atoms with Crippen molar-refractivity contribution in [3.63, 3.8) is 0 Å². The number of piperidine rings is 1. The number of carbonyl (C=O) groups is 1. The Labute approximate surface area is 116 Å². The van der Waals surface area contributed by atoms with Crippen molar-refractivity contribution in [1.29, 1.82) is 0 Å². The van der Waals surface area contributed by atoms with Crippen molar-refractivity contribution in [3.05, 3.63) is 28.1 Å². The van der Waals surface area contributed by atoms with E-state index in [1.54, 1.807) is 4.57 Å². The standard InChI is InChI=1S/C13H18N4O3/c18-13(15-9-2-1-5-14-7-9)12-6-11(17(19)20)8-16(12)10-3-4-10/h6,8-10,14H,1-5,7H2,(H,15,18)/t9-/m1/s1. The van der Waals surface area contributed by atoms with Crippen molar-refractivity contribution in [3.8, 4) is 0 Å². The zero-order valence-corrected chi connectivity index (χ0v) is 11.2. The Hall–Kier alpha value is -1.89. The number of amides is 1. The van der Waals surface area contributed by atoms with Crippen LogP contribution in [-0.2, 0) is 0 Å². The SMILES string of the molecule is O=C(N[C@@H]1CCCNC1)c1cc([N+](=O)[O-])cn1C1CC1. The fourth-order valence-corrected chi connectivity index (χ4v) is 2.64. The molecule has 1 amide bonds. The van der Waals surface area contributed by atoms with E-state index in [-0.39, 0.29) is 23.7 Å². The number of hydrogen-bond donors (Lipinski definition) is 2. The molecule has 2 heterocycles. The molecule has 0 aromatic carbocycles. The van der Waals surface area contributed by atoms with Gasteiger partial charge in [-0.1, -0.05) is 0 Å². The second-order valence-electron chi connectivity index (χ2n) is 5.50. The van der Waals surface area contributed by atoms with E-state index in [9.17, 15) is 14.9 Å². The minimum absolute atomic E-state index is 0.0104. The summed E-state index contributed by atoms with van der Waals surface area (Å²) in [5, 5.41) is 17.1. The highest BCUT2D eigenvalue weighted by atomic mass is 16.6. The highest BCUT2D eigenvalue weighted by Gasteiger charge is 2.31. The Kier molecular flexibility index (Phi) is 3.43. The molecule has 108 valence electrons. The maximum absolute atomic E-state index is 12.3. The molecule has 1 aromatic heterocycles. The molecule has 2 fully saturated rings. The number of nitrogens with zero attached hydrogens (tertiary/aromatic N) is 2. The number of nitrogens with one attached hydrogen (secondary N) is 2. The highest BCUT2D eigenvalue weighted by molar-refractivity contribution is 5.93. The number of nitro groups is 1. The predicted octanol–water partition coefficient (Wildman–Crippen LogP) is 1.21. The molecule has 2 N–H and O–H groups in total. The molecule has 1 saturated carbocycles. The summed E-state index contributed by atoms with van der Waals surface area (Å²) in [4.78, 5) is 22.7.